The van der Waals surface area contributed by atoms with E-state index in [4.69, 9.17) is 69.3 Å². The minimum atomic E-state index is -0.622. The van der Waals surface area contributed by atoms with E-state index in [1.165, 1.54) is 12.1 Å². The molecule has 0 atom stereocenters. The van der Waals surface area contributed by atoms with Gasteiger partial charge in [0.15, 0.2) is 0 Å². The second-order valence-electron chi connectivity index (χ2n) is 4.33. The number of halogens is 4. The van der Waals surface area contributed by atoms with E-state index >= 15 is 0 Å². The number of carbonyl (C=O) groups excluding carboxylic acids is 1. The van der Waals surface area contributed by atoms with E-state index < -0.39 is 5.91 Å². The molecule has 0 heterocycles. The standard InChI is InChI=1S/C7H6Cl2N2O.C7H8Cl2N2/c8-4-2-1-3(7(11)12)5(9)6(4)10;8-5-2-1-4(3-10)6(9)7(5)11/h1-2H,10H2,(H2,11,12);1-2H,3,10-11H2. The molecule has 2 aromatic rings. The maximum atomic E-state index is 10.7. The highest BCUT2D eigenvalue weighted by Crippen LogP contribution is 2.30. The summed E-state index contributed by atoms with van der Waals surface area (Å²) in [6.45, 7) is 0.375. The number of nitrogen functional groups attached to an aromatic ring is 2. The summed E-state index contributed by atoms with van der Waals surface area (Å²) in [6, 6.07) is 6.36. The maximum Gasteiger partial charge on any atom is 0.250 e. The van der Waals surface area contributed by atoms with Crippen LogP contribution in [0.4, 0.5) is 11.4 Å². The van der Waals surface area contributed by atoms with Crippen LogP contribution in [-0.4, -0.2) is 5.91 Å². The normalized spacial score (nSPS) is 9.96. The molecule has 0 bridgehead atoms. The van der Waals surface area contributed by atoms with Crippen LogP contribution in [0.3, 0.4) is 0 Å². The van der Waals surface area contributed by atoms with Crippen molar-refractivity contribution in [2.75, 3.05) is 11.5 Å². The Labute approximate surface area is 153 Å². The molecule has 23 heavy (non-hydrogen) atoms. The molecule has 2 rings (SSSR count). The van der Waals surface area contributed by atoms with Crippen LogP contribution in [0.5, 0.6) is 0 Å². The Bertz CT molecular complexity index is 737. The number of primary amides is 1. The van der Waals surface area contributed by atoms with Gasteiger partial charge in [-0.05, 0) is 23.8 Å². The van der Waals surface area contributed by atoms with Crippen molar-refractivity contribution in [3.05, 3.63) is 55.5 Å². The molecule has 0 fully saturated rings. The fourth-order valence-corrected chi connectivity index (χ4v) is 2.44. The van der Waals surface area contributed by atoms with Crippen LogP contribution < -0.4 is 22.9 Å². The van der Waals surface area contributed by atoms with Crippen molar-refractivity contribution in [1.82, 2.24) is 0 Å². The van der Waals surface area contributed by atoms with Crippen LogP contribution in [0.25, 0.3) is 0 Å². The number of rotatable bonds is 2. The quantitative estimate of drug-likeness (QED) is 0.579. The zero-order valence-corrected chi connectivity index (χ0v) is 14.8. The molecule has 0 radical (unpaired) electrons. The molecule has 0 spiro atoms. The first kappa shape index (κ1) is 19.7. The first-order valence-electron chi connectivity index (χ1n) is 6.16. The fraction of sp³-hybridized carbons (Fsp3) is 0.0714. The Morgan fingerprint density at radius 3 is 1.83 bits per heavy atom. The molecule has 124 valence electrons. The second kappa shape index (κ2) is 8.47. The van der Waals surface area contributed by atoms with Crippen molar-refractivity contribution in [3.8, 4) is 0 Å². The van der Waals surface area contributed by atoms with Crippen LogP contribution in [0.1, 0.15) is 15.9 Å². The molecule has 0 aromatic heterocycles. The van der Waals surface area contributed by atoms with Gasteiger partial charge in [0.25, 0.3) is 0 Å². The summed E-state index contributed by atoms with van der Waals surface area (Å²) in [5.74, 6) is -0.622. The molecule has 5 nitrogen and oxygen atoms in total. The number of hydrogen-bond acceptors (Lipinski definition) is 4. The van der Waals surface area contributed by atoms with Gasteiger partial charge in [-0.1, -0.05) is 52.5 Å². The third kappa shape index (κ3) is 4.80. The van der Waals surface area contributed by atoms with E-state index in [-0.39, 0.29) is 16.3 Å². The summed E-state index contributed by atoms with van der Waals surface area (Å²) >= 11 is 22.8. The van der Waals surface area contributed by atoms with Crippen LogP contribution in [0, 0.1) is 0 Å². The first-order valence-corrected chi connectivity index (χ1v) is 7.67. The Kier molecular flexibility index (Phi) is 7.25. The number of hydrogen-bond donors (Lipinski definition) is 4. The highest BCUT2D eigenvalue weighted by atomic mass is 35.5. The predicted octanol–water partition coefficient (Wildman–Crippen LogP) is 3.71. The third-order valence-corrected chi connectivity index (χ3v) is 4.33. The molecule has 0 aliphatic heterocycles. The second-order valence-corrected chi connectivity index (χ2v) is 5.90. The lowest BCUT2D eigenvalue weighted by atomic mass is 10.2. The van der Waals surface area contributed by atoms with Gasteiger partial charge in [0.1, 0.15) is 0 Å². The molecule has 0 aliphatic rings. The molecular formula is C14H14Cl4N4O. The Hall–Kier alpha value is -1.37. The lowest BCUT2D eigenvalue weighted by Gasteiger charge is -2.04. The van der Waals surface area contributed by atoms with Gasteiger partial charge in [0.05, 0.1) is 37.0 Å². The lowest BCUT2D eigenvalue weighted by molar-refractivity contribution is 0.100. The summed E-state index contributed by atoms with van der Waals surface area (Å²) in [6.07, 6.45) is 0. The van der Waals surface area contributed by atoms with Crippen molar-refractivity contribution in [1.29, 1.82) is 0 Å². The summed E-state index contributed by atoms with van der Waals surface area (Å²) in [5, 5.41) is 1.34. The first-order chi connectivity index (χ1) is 10.7. The van der Waals surface area contributed by atoms with Gasteiger partial charge in [-0.2, -0.15) is 0 Å². The Morgan fingerprint density at radius 1 is 0.870 bits per heavy atom. The van der Waals surface area contributed by atoms with E-state index in [1.54, 1.807) is 12.1 Å². The zero-order chi connectivity index (χ0) is 17.7. The largest absolute Gasteiger partial charge is 0.396 e. The third-order valence-electron chi connectivity index (χ3n) is 2.82. The number of nitrogens with two attached hydrogens (primary N) is 4. The number of amides is 1. The molecule has 8 N–H and O–H groups in total. The van der Waals surface area contributed by atoms with Crippen molar-refractivity contribution >= 4 is 63.7 Å². The van der Waals surface area contributed by atoms with Gasteiger partial charge in [-0.3, -0.25) is 4.79 Å². The van der Waals surface area contributed by atoms with Gasteiger partial charge in [0.2, 0.25) is 5.91 Å². The van der Waals surface area contributed by atoms with Crippen molar-refractivity contribution < 1.29 is 4.79 Å². The summed E-state index contributed by atoms with van der Waals surface area (Å²) in [7, 11) is 0. The summed E-state index contributed by atoms with van der Waals surface area (Å²) < 4.78 is 0. The van der Waals surface area contributed by atoms with Crippen LogP contribution in [0.15, 0.2) is 24.3 Å². The van der Waals surface area contributed by atoms with E-state index in [2.05, 4.69) is 0 Å². The zero-order valence-electron chi connectivity index (χ0n) is 11.7. The molecular weight excluding hydrogens is 382 g/mol. The molecule has 0 saturated carbocycles. The van der Waals surface area contributed by atoms with E-state index in [9.17, 15) is 4.79 Å². The average Bonchev–Trinajstić information content (AvgIpc) is 2.51. The van der Waals surface area contributed by atoms with Gasteiger partial charge in [-0.25, -0.2) is 0 Å². The van der Waals surface area contributed by atoms with Gasteiger partial charge >= 0.3 is 0 Å². The monoisotopic (exact) mass is 394 g/mol. The minimum Gasteiger partial charge on any atom is -0.396 e. The Morgan fingerprint density at radius 2 is 1.35 bits per heavy atom. The van der Waals surface area contributed by atoms with Crippen molar-refractivity contribution in [3.63, 3.8) is 0 Å². The molecule has 0 saturated heterocycles. The van der Waals surface area contributed by atoms with Crippen LogP contribution >= 0.6 is 46.4 Å². The Balaban J connectivity index is 0.000000231. The predicted molar refractivity (Wildman–Crippen MR) is 98.2 cm³/mol. The molecule has 9 heteroatoms. The number of benzene rings is 2. The fourth-order valence-electron chi connectivity index (χ4n) is 1.53. The van der Waals surface area contributed by atoms with Crippen molar-refractivity contribution in [2.45, 2.75) is 6.54 Å². The van der Waals surface area contributed by atoms with Gasteiger partial charge < -0.3 is 22.9 Å². The maximum absolute atomic E-state index is 10.7. The van der Waals surface area contributed by atoms with E-state index in [0.717, 1.165) is 5.56 Å². The SMILES string of the molecule is NC(=O)c1ccc(Cl)c(N)c1Cl.NCc1ccc(Cl)c(N)c1Cl. The molecule has 0 aliphatic carbocycles. The molecule has 1 amide bonds. The molecule has 0 unspecified atom stereocenters. The van der Waals surface area contributed by atoms with E-state index in [1.807, 2.05) is 0 Å². The van der Waals surface area contributed by atoms with Gasteiger partial charge in [0, 0.05) is 6.54 Å². The minimum absolute atomic E-state index is 0.106. The molecule has 2 aromatic carbocycles. The number of carbonyl (C=O) groups is 1. The van der Waals surface area contributed by atoms with Crippen LogP contribution in [0.2, 0.25) is 20.1 Å². The topological polar surface area (TPSA) is 121 Å². The highest BCUT2D eigenvalue weighted by Gasteiger charge is 2.11. The lowest BCUT2D eigenvalue weighted by Crippen LogP contribution is -2.12. The van der Waals surface area contributed by atoms with Gasteiger partial charge in [-0.15, -0.1) is 0 Å². The van der Waals surface area contributed by atoms with Crippen molar-refractivity contribution in [2.24, 2.45) is 11.5 Å². The smallest absolute Gasteiger partial charge is 0.250 e. The number of anilines is 2. The summed E-state index contributed by atoms with van der Waals surface area (Å²) in [4.78, 5) is 10.7. The summed E-state index contributed by atoms with van der Waals surface area (Å²) in [5.41, 5.74) is 23.0. The van der Waals surface area contributed by atoms with E-state index in [0.29, 0.717) is 27.3 Å². The average molecular weight is 396 g/mol. The highest BCUT2D eigenvalue weighted by molar-refractivity contribution is 6.41. The van der Waals surface area contributed by atoms with Crippen LogP contribution in [-0.2, 0) is 6.54 Å².